The monoisotopic (exact) mass is 1420 g/mol. The number of aromatic nitrogens is 9. The molecule has 0 bridgehead atoms. The van der Waals surface area contributed by atoms with Gasteiger partial charge in [0.1, 0.15) is 68.8 Å². The number of hydrogen-bond donors (Lipinski definition) is 4. The van der Waals surface area contributed by atoms with Crippen LogP contribution in [0.1, 0.15) is 37.8 Å². The fourth-order valence-electron chi connectivity index (χ4n) is 9.49. The number of rotatable bonds is 11. The van der Waals surface area contributed by atoms with Crippen LogP contribution in [-0.2, 0) is 18.5 Å². The number of nitrogens with zero attached hydrogens (tertiary/aromatic N) is 11. The third kappa shape index (κ3) is 13.7. The Morgan fingerprint density at radius 1 is 0.464 bits per heavy atom. The molecular formula is C59H31Cl3F15N15O5. The van der Waals surface area contributed by atoms with E-state index < -0.39 is 144 Å². The van der Waals surface area contributed by atoms with Gasteiger partial charge in [-0.3, -0.25) is 15.0 Å². The largest absolute Gasteiger partial charge is 0.434 e. The maximum Gasteiger partial charge on any atom is 0.434 e. The molecule has 20 nitrogen and oxygen atoms in total. The summed E-state index contributed by atoms with van der Waals surface area (Å²) in [5, 5.41) is 27.4. The topological polar surface area (TPSA) is 280 Å². The first-order valence-electron chi connectivity index (χ1n) is 26.4. The number of alkyl halides is 9. The van der Waals surface area contributed by atoms with Crippen LogP contribution in [0.4, 0.5) is 71.5 Å². The van der Waals surface area contributed by atoms with Gasteiger partial charge in [-0.25, -0.2) is 46.2 Å². The van der Waals surface area contributed by atoms with Gasteiger partial charge in [0.2, 0.25) is 0 Å². The second kappa shape index (κ2) is 27.2. The molecule has 0 unspecified atom stereocenters. The first kappa shape index (κ1) is 68.6. The number of carbonyl (C=O) groups is 2. The fourth-order valence-corrected chi connectivity index (χ4v) is 10.2. The summed E-state index contributed by atoms with van der Waals surface area (Å²) in [5.74, 6) is 0.843. The van der Waals surface area contributed by atoms with Gasteiger partial charge in [-0.15, -0.1) is 0 Å². The van der Waals surface area contributed by atoms with E-state index in [0.29, 0.717) is 14.0 Å². The van der Waals surface area contributed by atoms with Crippen molar-refractivity contribution in [3.63, 3.8) is 0 Å². The van der Waals surface area contributed by atoms with E-state index in [0.717, 1.165) is 73.2 Å². The maximum atomic E-state index is 14.5. The summed E-state index contributed by atoms with van der Waals surface area (Å²) >= 11 is 18.0. The molecule has 0 aliphatic rings. The molecule has 6 aromatic heterocycles. The predicted molar refractivity (Wildman–Crippen MR) is 313 cm³/mol. The molecule has 0 fully saturated rings. The lowest BCUT2D eigenvalue weighted by Gasteiger charge is -2.12. The number of benzene rings is 6. The Labute approximate surface area is 544 Å². The highest BCUT2D eigenvalue weighted by Gasteiger charge is 2.45. The Morgan fingerprint density at radius 3 is 1.12 bits per heavy atom. The van der Waals surface area contributed by atoms with E-state index in [9.17, 15) is 75.4 Å². The van der Waals surface area contributed by atoms with Crippen LogP contribution in [0.5, 0.6) is 0 Å². The molecule has 2 amide bonds. The number of halogens is 18. The van der Waals surface area contributed by atoms with E-state index in [-0.39, 0.29) is 54.6 Å². The molecule has 498 valence electrons. The van der Waals surface area contributed by atoms with Gasteiger partial charge in [-0.2, -0.15) is 54.8 Å². The summed E-state index contributed by atoms with van der Waals surface area (Å²) in [6.07, 6.45) is -12.6. The average Bonchev–Trinajstić information content (AvgIpc) is 1.62. The van der Waals surface area contributed by atoms with Gasteiger partial charge >= 0.3 is 24.4 Å². The molecule has 0 aliphatic heterocycles. The number of nitrogens with one attached hydrogen (secondary N) is 1. The van der Waals surface area contributed by atoms with E-state index in [1.807, 2.05) is 0 Å². The highest BCUT2D eigenvalue weighted by Crippen LogP contribution is 2.47. The van der Waals surface area contributed by atoms with Crippen molar-refractivity contribution < 1.29 is 89.0 Å². The molecule has 0 spiro atoms. The first-order chi connectivity index (χ1) is 45.9. The van der Waals surface area contributed by atoms with Crippen LogP contribution in [0, 0.1) is 34.9 Å². The zero-order valence-corrected chi connectivity index (χ0v) is 49.6. The Morgan fingerprint density at radius 2 is 0.784 bits per heavy atom. The summed E-state index contributed by atoms with van der Waals surface area (Å²) in [6, 6.07) is 24.0. The smallest absolute Gasteiger partial charge is 0.394 e. The Balaban J connectivity index is 0.000000158. The van der Waals surface area contributed by atoms with Crippen molar-refractivity contribution in [2.75, 3.05) is 5.73 Å². The SMILES string of the molecule is NN=NC(=O)c1c(-c2c(F)cccc2Cl)noc1-c1cnn(-c2cccc(F)c2)c1C(F)(F)F.NNC(=O)c1c(-c2c(F)cccc2Cl)noc1-c1cnn(-c2cccc(F)c2)c1C(F)(F)F.Nc1c(-c2c(F)cccc2Cl)noc1-c1cnn(-c2cccc(F)c2)c1C(F)(F)F. The van der Waals surface area contributed by atoms with Crippen LogP contribution in [0.15, 0.2) is 170 Å². The highest BCUT2D eigenvalue weighted by atomic mass is 35.5. The fraction of sp³-hybridized carbons (Fsp3) is 0.0508. The average molecular weight is 1420 g/mol. The van der Waals surface area contributed by atoms with Crippen LogP contribution in [-0.4, -0.2) is 56.6 Å². The van der Waals surface area contributed by atoms with Gasteiger partial charge < -0.3 is 25.1 Å². The molecule has 0 aliphatic carbocycles. The highest BCUT2D eigenvalue weighted by molar-refractivity contribution is 6.34. The minimum Gasteiger partial charge on any atom is -0.394 e. The van der Waals surface area contributed by atoms with Gasteiger partial charge in [0.15, 0.2) is 34.4 Å². The number of anilines is 1. The van der Waals surface area contributed by atoms with Crippen molar-refractivity contribution in [2.24, 2.45) is 22.0 Å². The van der Waals surface area contributed by atoms with Crippen molar-refractivity contribution in [1.82, 2.24) is 50.2 Å². The van der Waals surface area contributed by atoms with Crippen molar-refractivity contribution >= 4 is 52.3 Å². The first-order valence-corrected chi connectivity index (χ1v) is 27.6. The number of nitrogens with two attached hydrogens (primary N) is 3. The molecule has 0 saturated heterocycles. The molecule has 38 heteroatoms. The van der Waals surface area contributed by atoms with E-state index in [1.54, 1.807) is 5.43 Å². The third-order valence-corrected chi connectivity index (χ3v) is 14.4. The molecule has 0 radical (unpaired) electrons. The summed E-state index contributed by atoms with van der Waals surface area (Å²) in [5.41, 5.74) is -2.92. The van der Waals surface area contributed by atoms with E-state index in [1.165, 1.54) is 72.8 Å². The Kier molecular flexibility index (Phi) is 19.2. The molecule has 97 heavy (non-hydrogen) atoms. The number of hydrogen-bond acceptors (Lipinski definition) is 14. The van der Waals surface area contributed by atoms with Gasteiger partial charge in [0.05, 0.1) is 84.1 Å². The number of amides is 2. The van der Waals surface area contributed by atoms with Crippen molar-refractivity contribution in [1.29, 1.82) is 0 Å². The second-order valence-electron chi connectivity index (χ2n) is 19.4. The van der Waals surface area contributed by atoms with Crippen LogP contribution < -0.4 is 22.8 Å². The Hall–Kier alpha value is -11.3. The van der Waals surface area contributed by atoms with Gasteiger partial charge in [-0.05, 0) is 91.0 Å². The number of carbonyl (C=O) groups excluding carboxylic acids is 2. The van der Waals surface area contributed by atoms with Crippen molar-refractivity contribution in [3.05, 3.63) is 224 Å². The van der Waals surface area contributed by atoms with Gasteiger partial charge in [-0.1, -0.05) is 97.0 Å². The van der Waals surface area contributed by atoms with Crippen LogP contribution in [0.25, 0.3) is 84.8 Å². The summed E-state index contributed by atoms with van der Waals surface area (Å²) in [7, 11) is 0. The summed E-state index contributed by atoms with van der Waals surface area (Å²) in [4.78, 5) is 25.1. The minimum atomic E-state index is -5.06. The van der Waals surface area contributed by atoms with Crippen LogP contribution in [0.3, 0.4) is 0 Å². The molecular weight excluding hydrogens is 1390 g/mol. The Bertz CT molecular complexity index is 4960. The van der Waals surface area contributed by atoms with E-state index in [4.69, 9.17) is 65.8 Å². The van der Waals surface area contributed by atoms with Crippen LogP contribution in [0.2, 0.25) is 15.1 Å². The second-order valence-corrected chi connectivity index (χ2v) is 20.6. The van der Waals surface area contributed by atoms with Crippen molar-refractivity contribution in [2.45, 2.75) is 18.5 Å². The lowest BCUT2D eigenvalue weighted by Crippen LogP contribution is -2.30. The standard InChI is InChI=1S/C20H10ClF5N6O2.C20H11ClF5N5O2.C19H10ClF5N4O/c21-12-5-2-6-13(23)14(12)16-15(19(33)29-31-27)17(34-30-16)11-8-28-32(18(11)20(24,25)26)10-4-1-3-9(22)7-10;21-12-5-2-6-13(23)14(12)16-15(19(32)29-27)17(33-30-16)11-8-28-31(18(11)20(24,25)26)10-4-1-3-9(22)7-10;20-12-5-2-6-13(22)14(12)16-15(26)17(30-28-16)11-8-27-29(18(11)19(23,24)25)10-4-1-3-9(21)7-10/h1-8H,(H2,27,29,33);1-8H,27H2,(H,29,32);1-8H,26H2. The zero-order chi connectivity index (χ0) is 70.2. The van der Waals surface area contributed by atoms with Crippen molar-refractivity contribution in [3.8, 4) is 84.8 Å². The van der Waals surface area contributed by atoms with Gasteiger partial charge in [0, 0.05) is 0 Å². The molecule has 6 heterocycles. The van der Waals surface area contributed by atoms with Crippen LogP contribution >= 0.6 is 34.8 Å². The molecule has 7 N–H and O–H groups in total. The number of hydrazine groups is 1. The lowest BCUT2D eigenvalue weighted by molar-refractivity contribution is -0.143. The minimum absolute atomic E-state index is 0.0481. The third-order valence-electron chi connectivity index (χ3n) is 13.4. The summed E-state index contributed by atoms with van der Waals surface area (Å²) in [6.45, 7) is 0. The summed E-state index contributed by atoms with van der Waals surface area (Å²) < 4.78 is 227. The maximum absolute atomic E-state index is 14.5. The molecule has 0 saturated carbocycles. The normalized spacial score (nSPS) is 11.8. The quantitative estimate of drug-likeness (QED) is 0.0308. The molecule has 6 aromatic carbocycles. The molecule has 12 aromatic rings. The zero-order valence-electron chi connectivity index (χ0n) is 47.4. The van der Waals surface area contributed by atoms with Gasteiger partial charge in [0.25, 0.3) is 5.91 Å². The number of nitrogen functional groups attached to an aromatic ring is 2. The predicted octanol–water partition coefficient (Wildman–Crippen LogP) is 16.1. The van der Waals surface area contributed by atoms with E-state index in [2.05, 4.69) is 41.1 Å². The van der Waals surface area contributed by atoms with E-state index >= 15 is 0 Å². The molecule has 0 atom stereocenters. The molecule has 12 rings (SSSR count). The lowest BCUT2D eigenvalue weighted by atomic mass is 10.0.